The Balaban J connectivity index is 1.36. The van der Waals surface area contributed by atoms with E-state index in [1.807, 2.05) is 4.57 Å². The summed E-state index contributed by atoms with van der Waals surface area (Å²) in [5, 5.41) is 10.8. The summed E-state index contributed by atoms with van der Waals surface area (Å²) in [6.07, 6.45) is -2.67. The fourth-order valence-electron chi connectivity index (χ4n) is 4.13. The zero-order valence-electron chi connectivity index (χ0n) is 18.4. The molecule has 0 spiro atoms. The molecule has 0 unspecified atom stereocenters. The van der Waals surface area contributed by atoms with Crippen molar-refractivity contribution in [2.45, 2.75) is 25.1 Å². The zero-order valence-corrected chi connectivity index (χ0v) is 19.2. The average Bonchev–Trinajstić information content (AvgIpc) is 3.46. The fourth-order valence-corrected chi connectivity index (χ4v) is 4.93. The van der Waals surface area contributed by atoms with Gasteiger partial charge < -0.3 is 9.88 Å². The minimum Gasteiger partial charge on any atom is -0.328 e. The van der Waals surface area contributed by atoms with Crippen LogP contribution in [0.5, 0.6) is 0 Å². The van der Waals surface area contributed by atoms with Gasteiger partial charge in [-0.15, -0.1) is 10.2 Å². The first kappa shape index (κ1) is 22.6. The number of hydrogen-bond acceptors (Lipinski definition) is 5. The maximum Gasteiger partial charge on any atom is 0.417 e. The highest BCUT2D eigenvalue weighted by atomic mass is 32.1. The van der Waals surface area contributed by atoms with Crippen molar-refractivity contribution in [1.82, 2.24) is 19.7 Å². The second-order valence-electron chi connectivity index (χ2n) is 8.44. The van der Waals surface area contributed by atoms with E-state index in [2.05, 4.69) is 20.5 Å². The Kier molecular flexibility index (Phi) is 5.25. The van der Waals surface area contributed by atoms with Crippen LogP contribution in [0.3, 0.4) is 0 Å². The third-order valence-corrected chi connectivity index (χ3v) is 6.79. The van der Waals surface area contributed by atoms with E-state index in [0.717, 1.165) is 30.2 Å². The first-order chi connectivity index (χ1) is 17.3. The Morgan fingerprint density at radius 2 is 1.69 bits per heavy atom. The molecule has 0 atom stereocenters. The SMILES string of the molecule is Fc1ccc(-c2nc3cc(Nc4nnc(-c5ccccc5C(F)(F)F)s4)c(F)cc3n2C2CC2)cc1. The van der Waals surface area contributed by atoms with Gasteiger partial charge in [0.25, 0.3) is 0 Å². The molecular weight excluding hydrogens is 497 g/mol. The van der Waals surface area contributed by atoms with Crippen LogP contribution < -0.4 is 5.32 Å². The second kappa shape index (κ2) is 8.37. The average molecular weight is 513 g/mol. The molecule has 1 aliphatic carbocycles. The monoisotopic (exact) mass is 513 g/mol. The van der Waals surface area contributed by atoms with Crippen LogP contribution in [0, 0.1) is 11.6 Å². The number of nitrogens with zero attached hydrogens (tertiary/aromatic N) is 4. The van der Waals surface area contributed by atoms with E-state index in [-0.39, 0.29) is 33.2 Å². The van der Waals surface area contributed by atoms with Crippen LogP contribution in [-0.4, -0.2) is 19.7 Å². The molecule has 1 N–H and O–H groups in total. The first-order valence-corrected chi connectivity index (χ1v) is 11.8. The van der Waals surface area contributed by atoms with Gasteiger partial charge in [0.1, 0.15) is 22.5 Å². The number of anilines is 2. The standard InChI is InChI=1S/C25H16F5N5S/c26-14-7-5-13(6-8-14)22-31-20-12-19(18(27)11-21(20)35(22)15-9-10-15)32-24-34-33-23(36-24)16-3-1-2-4-17(16)25(28,29)30/h1-8,11-12,15H,9-10H2,(H,32,34). The smallest absolute Gasteiger partial charge is 0.328 e. The van der Waals surface area contributed by atoms with E-state index in [1.165, 1.54) is 42.5 Å². The maximum atomic E-state index is 15.1. The summed E-state index contributed by atoms with van der Waals surface area (Å²) < 4.78 is 70.7. The first-order valence-electron chi connectivity index (χ1n) is 11.0. The molecule has 182 valence electrons. The van der Waals surface area contributed by atoms with E-state index in [9.17, 15) is 17.6 Å². The Morgan fingerprint density at radius 1 is 0.944 bits per heavy atom. The van der Waals surface area contributed by atoms with E-state index in [4.69, 9.17) is 0 Å². The van der Waals surface area contributed by atoms with Gasteiger partial charge in [0.2, 0.25) is 5.13 Å². The van der Waals surface area contributed by atoms with Gasteiger partial charge in [0, 0.05) is 23.2 Å². The van der Waals surface area contributed by atoms with Gasteiger partial charge in [-0.1, -0.05) is 29.5 Å². The minimum absolute atomic E-state index is 0.0588. The lowest BCUT2D eigenvalue weighted by Gasteiger charge is -2.10. The van der Waals surface area contributed by atoms with Crippen LogP contribution in [0.4, 0.5) is 32.8 Å². The number of aromatic nitrogens is 4. The van der Waals surface area contributed by atoms with Crippen molar-refractivity contribution in [2.24, 2.45) is 0 Å². The highest BCUT2D eigenvalue weighted by molar-refractivity contribution is 7.18. The molecule has 0 amide bonds. The Morgan fingerprint density at radius 3 is 2.42 bits per heavy atom. The number of nitrogens with one attached hydrogen (secondary N) is 1. The summed E-state index contributed by atoms with van der Waals surface area (Å²) in [6, 6.07) is 14.1. The van der Waals surface area contributed by atoms with Crippen molar-refractivity contribution >= 4 is 33.2 Å². The van der Waals surface area contributed by atoms with E-state index in [0.29, 0.717) is 22.4 Å². The molecule has 11 heteroatoms. The molecule has 0 aliphatic heterocycles. The predicted molar refractivity (Wildman–Crippen MR) is 127 cm³/mol. The topological polar surface area (TPSA) is 55.6 Å². The molecule has 2 aromatic heterocycles. The number of rotatable bonds is 5. The van der Waals surface area contributed by atoms with Crippen LogP contribution in [0.1, 0.15) is 24.4 Å². The van der Waals surface area contributed by atoms with Crippen LogP contribution in [-0.2, 0) is 6.18 Å². The Hall–Kier alpha value is -3.86. The van der Waals surface area contributed by atoms with E-state index >= 15 is 4.39 Å². The minimum atomic E-state index is -4.55. The summed E-state index contributed by atoms with van der Waals surface area (Å²) in [4.78, 5) is 4.68. The number of imidazole rings is 1. The van der Waals surface area contributed by atoms with Crippen molar-refractivity contribution in [3.63, 3.8) is 0 Å². The Labute approximate surface area is 205 Å². The highest BCUT2D eigenvalue weighted by Gasteiger charge is 2.34. The van der Waals surface area contributed by atoms with Crippen LogP contribution in [0.25, 0.3) is 33.0 Å². The number of hydrogen-bond donors (Lipinski definition) is 1. The lowest BCUT2D eigenvalue weighted by molar-refractivity contribution is -0.137. The molecule has 1 aliphatic rings. The third-order valence-electron chi connectivity index (χ3n) is 5.92. The molecule has 1 saturated carbocycles. The Bertz CT molecular complexity index is 1590. The highest BCUT2D eigenvalue weighted by Crippen LogP contribution is 2.43. The van der Waals surface area contributed by atoms with Gasteiger partial charge in [0.15, 0.2) is 0 Å². The predicted octanol–water partition coefficient (Wildman–Crippen LogP) is 7.60. The van der Waals surface area contributed by atoms with Gasteiger partial charge in [-0.05, 0) is 49.2 Å². The van der Waals surface area contributed by atoms with E-state index in [1.54, 1.807) is 12.1 Å². The lowest BCUT2D eigenvalue weighted by atomic mass is 10.1. The summed E-state index contributed by atoms with van der Waals surface area (Å²) in [5.74, 6) is -0.312. The van der Waals surface area contributed by atoms with Crippen LogP contribution in [0.15, 0.2) is 60.7 Å². The van der Waals surface area contributed by atoms with E-state index < -0.39 is 17.6 Å². The van der Waals surface area contributed by atoms with Crippen molar-refractivity contribution in [1.29, 1.82) is 0 Å². The van der Waals surface area contributed by atoms with Gasteiger partial charge in [-0.3, -0.25) is 0 Å². The molecule has 0 bridgehead atoms. The number of alkyl halides is 3. The van der Waals surface area contributed by atoms with Crippen LogP contribution >= 0.6 is 11.3 Å². The largest absolute Gasteiger partial charge is 0.417 e. The molecule has 5 aromatic rings. The molecule has 5 nitrogen and oxygen atoms in total. The second-order valence-corrected chi connectivity index (χ2v) is 9.42. The van der Waals surface area contributed by atoms with Gasteiger partial charge in [0.05, 0.1) is 22.3 Å². The third kappa shape index (κ3) is 4.09. The zero-order chi connectivity index (χ0) is 25.0. The maximum absolute atomic E-state index is 15.1. The molecule has 2 heterocycles. The number of fused-ring (bicyclic) bond motifs is 1. The summed E-state index contributed by atoms with van der Waals surface area (Å²) >= 11 is 0.886. The number of benzene rings is 3. The van der Waals surface area contributed by atoms with Crippen molar-refractivity contribution in [3.05, 3.63) is 77.9 Å². The molecule has 3 aromatic carbocycles. The fraction of sp³-hybridized carbons (Fsp3) is 0.160. The van der Waals surface area contributed by atoms with Gasteiger partial charge in [-0.2, -0.15) is 13.2 Å². The molecule has 36 heavy (non-hydrogen) atoms. The van der Waals surface area contributed by atoms with Crippen molar-refractivity contribution in [2.75, 3.05) is 5.32 Å². The quantitative estimate of drug-likeness (QED) is 0.246. The molecule has 1 fully saturated rings. The van der Waals surface area contributed by atoms with Gasteiger partial charge >= 0.3 is 6.18 Å². The number of halogens is 5. The molecule has 0 radical (unpaired) electrons. The van der Waals surface area contributed by atoms with Gasteiger partial charge in [-0.25, -0.2) is 13.8 Å². The van der Waals surface area contributed by atoms with Crippen LogP contribution in [0.2, 0.25) is 0 Å². The van der Waals surface area contributed by atoms with Crippen molar-refractivity contribution < 1.29 is 22.0 Å². The summed E-state index contributed by atoms with van der Waals surface area (Å²) in [7, 11) is 0. The summed E-state index contributed by atoms with van der Waals surface area (Å²) in [5.41, 5.74) is 0.999. The molecule has 0 saturated heterocycles. The molecular formula is C25H16F5N5S. The molecule has 6 rings (SSSR count). The summed E-state index contributed by atoms with van der Waals surface area (Å²) in [6.45, 7) is 0. The lowest BCUT2D eigenvalue weighted by Crippen LogP contribution is -2.06. The van der Waals surface area contributed by atoms with Crippen molar-refractivity contribution in [3.8, 4) is 22.0 Å². The normalized spacial score (nSPS) is 13.9.